The summed E-state index contributed by atoms with van der Waals surface area (Å²) in [7, 11) is 3.20. The lowest BCUT2D eigenvalue weighted by atomic mass is 10.1. The zero-order valence-corrected chi connectivity index (χ0v) is 23.2. The Hall–Kier alpha value is -4.00. The molecule has 4 rings (SSSR count). The molecule has 7 nitrogen and oxygen atoms in total. The summed E-state index contributed by atoms with van der Waals surface area (Å²) >= 11 is 0. The van der Waals surface area contributed by atoms with Crippen molar-refractivity contribution in [1.29, 1.82) is 0 Å². The van der Waals surface area contributed by atoms with Gasteiger partial charge in [0.05, 0.1) is 38.3 Å². The summed E-state index contributed by atoms with van der Waals surface area (Å²) in [5, 5.41) is 3.03. The van der Waals surface area contributed by atoms with Crippen LogP contribution in [-0.4, -0.2) is 42.8 Å². The first-order valence-electron chi connectivity index (χ1n) is 13.7. The maximum atomic E-state index is 12.4. The van der Waals surface area contributed by atoms with Crippen molar-refractivity contribution in [2.24, 2.45) is 0 Å². The van der Waals surface area contributed by atoms with Crippen LogP contribution in [-0.2, 0) is 24.2 Å². The molecule has 4 aromatic rings. The summed E-state index contributed by atoms with van der Waals surface area (Å²) in [4.78, 5) is 17.3. The first-order valence-corrected chi connectivity index (χ1v) is 13.7. The number of methoxy groups -OCH3 is 2. The Balaban J connectivity index is 1.21. The predicted octanol–water partition coefficient (Wildman–Crippen LogP) is 5.90. The summed E-state index contributed by atoms with van der Waals surface area (Å²) in [5.74, 6) is 3.36. The van der Waals surface area contributed by atoms with E-state index in [-0.39, 0.29) is 5.91 Å². The number of aryl methyl sites for hydroxylation is 3. The van der Waals surface area contributed by atoms with Crippen molar-refractivity contribution < 1.29 is 19.0 Å². The van der Waals surface area contributed by atoms with Gasteiger partial charge >= 0.3 is 0 Å². The number of nitrogens with zero attached hydrogens (tertiary/aromatic N) is 2. The van der Waals surface area contributed by atoms with E-state index in [1.807, 2.05) is 42.5 Å². The van der Waals surface area contributed by atoms with E-state index in [4.69, 9.17) is 19.2 Å². The van der Waals surface area contributed by atoms with Gasteiger partial charge in [0.25, 0.3) is 0 Å². The van der Waals surface area contributed by atoms with Gasteiger partial charge in [0.15, 0.2) is 11.5 Å². The summed E-state index contributed by atoms with van der Waals surface area (Å²) < 4.78 is 18.9. The smallest absolute Gasteiger partial charge is 0.224 e. The predicted molar refractivity (Wildman–Crippen MR) is 155 cm³/mol. The van der Waals surface area contributed by atoms with Crippen molar-refractivity contribution in [3.63, 3.8) is 0 Å². The molecule has 0 bridgehead atoms. The molecule has 0 fully saturated rings. The third-order valence-electron chi connectivity index (χ3n) is 6.82. The van der Waals surface area contributed by atoms with E-state index in [0.29, 0.717) is 31.1 Å². The molecule has 0 aliphatic heterocycles. The summed E-state index contributed by atoms with van der Waals surface area (Å²) in [6.45, 7) is 4.27. The molecule has 0 aliphatic carbocycles. The molecule has 0 atom stereocenters. The summed E-state index contributed by atoms with van der Waals surface area (Å²) in [5.41, 5.74) is 4.26. The molecule has 39 heavy (non-hydrogen) atoms. The third kappa shape index (κ3) is 7.76. The number of para-hydroxylation sites is 3. The fraction of sp³-hybridized carbons (Fsp3) is 0.375. The van der Waals surface area contributed by atoms with E-state index in [1.165, 1.54) is 5.52 Å². The summed E-state index contributed by atoms with van der Waals surface area (Å²) in [6, 6.07) is 22.0. The van der Waals surface area contributed by atoms with E-state index in [1.54, 1.807) is 14.2 Å². The molecule has 7 heteroatoms. The number of hydrogen-bond acceptors (Lipinski definition) is 5. The highest BCUT2D eigenvalue weighted by Crippen LogP contribution is 2.27. The molecule has 0 aliphatic rings. The van der Waals surface area contributed by atoms with Gasteiger partial charge < -0.3 is 24.1 Å². The fourth-order valence-corrected chi connectivity index (χ4v) is 4.74. The highest BCUT2D eigenvalue weighted by Gasteiger charge is 2.11. The van der Waals surface area contributed by atoms with Crippen molar-refractivity contribution >= 4 is 16.9 Å². The Morgan fingerprint density at radius 3 is 2.49 bits per heavy atom. The zero-order chi connectivity index (χ0) is 27.5. The van der Waals surface area contributed by atoms with Gasteiger partial charge in [-0.2, -0.15) is 0 Å². The molecule has 0 radical (unpaired) electrons. The van der Waals surface area contributed by atoms with Gasteiger partial charge in [-0.3, -0.25) is 4.79 Å². The number of aromatic nitrogens is 2. The molecule has 3 aromatic carbocycles. The Kier molecular flexibility index (Phi) is 10.2. The van der Waals surface area contributed by atoms with E-state index >= 15 is 0 Å². The van der Waals surface area contributed by atoms with Crippen LogP contribution in [0.5, 0.6) is 17.2 Å². The van der Waals surface area contributed by atoms with Crippen LogP contribution in [0.15, 0.2) is 66.7 Å². The van der Waals surface area contributed by atoms with Crippen LogP contribution >= 0.6 is 0 Å². The highest BCUT2D eigenvalue weighted by atomic mass is 16.5. The molecule has 0 saturated carbocycles. The number of amides is 1. The standard InChI is InChI=1S/C32H39N3O4/c1-24-12-6-9-15-28(24)39-21-11-20-35-27-14-8-7-13-26(27)34-31(35)16-5-4-10-19-33-32(36)23-25-17-18-29(37-2)30(22-25)38-3/h6-9,12-15,17-18,22H,4-5,10-11,16,19-21,23H2,1-3H3,(H,33,36). The van der Waals surface area contributed by atoms with Crippen LogP contribution in [0.3, 0.4) is 0 Å². The second kappa shape index (κ2) is 14.2. The van der Waals surface area contributed by atoms with Gasteiger partial charge in [0, 0.05) is 19.5 Å². The largest absolute Gasteiger partial charge is 0.493 e. The fourth-order valence-electron chi connectivity index (χ4n) is 4.74. The van der Waals surface area contributed by atoms with Gasteiger partial charge in [0.1, 0.15) is 11.6 Å². The highest BCUT2D eigenvalue weighted by molar-refractivity contribution is 5.78. The minimum absolute atomic E-state index is 0.0110. The first-order chi connectivity index (χ1) is 19.1. The van der Waals surface area contributed by atoms with Gasteiger partial charge in [-0.15, -0.1) is 0 Å². The van der Waals surface area contributed by atoms with Gasteiger partial charge in [-0.05, 0) is 67.6 Å². The number of hydrogen-bond donors (Lipinski definition) is 1. The number of unbranched alkanes of at least 4 members (excludes halogenated alkanes) is 2. The topological polar surface area (TPSA) is 74.6 Å². The molecule has 0 spiro atoms. The number of nitrogens with one attached hydrogen (secondary N) is 1. The van der Waals surface area contributed by atoms with Crippen LogP contribution in [0.2, 0.25) is 0 Å². The number of carbonyl (C=O) groups excluding carboxylic acids is 1. The third-order valence-corrected chi connectivity index (χ3v) is 6.82. The lowest BCUT2D eigenvalue weighted by Crippen LogP contribution is -2.26. The molecule has 0 saturated heterocycles. The molecule has 0 unspecified atom stereocenters. The van der Waals surface area contributed by atoms with Crippen molar-refractivity contribution in [3.05, 3.63) is 83.7 Å². The Morgan fingerprint density at radius 1 is 0.872 bits per heavy atom. The molecular formula is C32H39N3O4. The van der Waals surface area contributed by atoms with E-state index in [9.17, 15) is 4.79 Å². The maximum absolute atomic E-state index is 12.4. The molecular weight excluding hydrogens is 490 g/mol. The van der Waals surface area contributed by atoms with Crippen LogP contribution in [0.25, 0.3) is 11.0 Å². The van der Waals surface area contributed by atoms with Crippen LogP contribution in [0, 0.1) is 6.92 Å². The normalized spacial score (nSPS) is 10.9. The first kappa shape index (κ1) is 28.0. The SMILES string of the molecule is COc1ccc(CC(=O)NCCCCCc2nc3ccccc3n2CCCOc2ccccc2C)cc1OC. The van der Waals surface area contributed by atoms with E-state index in [2.05, 4.69) is 41.1 Å². The molecule has 1 N–H and O–H groups in total. The van der Waals surface area contributed by atoms with Crippen LogP contribution in [0.4, 0.5) is 0 Å². The number of benzene rings is 3. The van der Waals surface area contributed by atoms with Crippen LogP contribution in [0.1, 0.15) is 42.6 Å². The van der Waals surface area contributed by atoms with Gasteiger partial charge in [-0.1, -0.05) is 42.8 Å². The van der Waals surface area contributed by atoms with Crippen molar-refractivity contribution in [2.75, 3.05) is 27.4 Å². The maximum Gasteiger partial charge on any atom is 0.224 e. The minimum Gasteiger partial charge on any atom is -0.493 e. The second-order valence-electron chi connectivity index (χ2n) is 9.66. The van der Waals surface area contributed by atoms with Crippen molar-refractivity contribution in [1.82, 2.24) is 14.9 Å². The van der Waals surface area contributed by atoms with Gasteiger partial charge in [-0.25, -0.2) is 4.98 Å². The Morgan fingerprint density at radius 2 is 1.67 bits per heavy atom. The number of rotatable bonds is 15. The molecule has 1 aromatic heterocycles. The summed E-state index contributed by atoms with van der Waals surface area (Å²) in [6.07, 6.45) is 5.12. The van der Waals surface area contributed by atoms with Crippen molar-refractivity contribution in [2.45, 2.75) is 52.0 Å². The monoisotopic (exact) mass is 529 g/mol. The van der Waals surface area contributed by atoms with E-state index in [0.717, 1.165) is 66.9 Å². The lowest BCUT2D eigenvalue weighted by Gasteiger charge is -2.12. The number of fused-ring (bicyclic) bond motifs is 1. The molecule has 1 heterocycles. The average Bonchev–Trinajstić information content (AvgIpc) is 3.31. The Labute approximate surface area is 231 Å². The lowest BCUT2D eigenvalue weighted by molar-refractivity contribution is -0.120. The number of ether oxygens (including phenoxy) is 3. The zero-order valence-electron chi connectivity index (χ0n) is 23.2. The average molecular weight is 530 g/mol. The van der Waals surface area contributed by atoms with Crippen LogP contribution < -0.4 is 19.5 Å². The number of imidazole rings is 1. The number of carbonyl (C=O) groups is 1. The molecule has 1 amide bonds. The quantitative estimate of drug-likeness (QED) is 0.194. The minimum atomic E-state index is 0.0110. The second-order valence-corrected chi connectivity index (χ2v) is 9.66. The molecule has 206 valence electrons. The Bertz CT molecular complexity index is 1360. The van der Waals surface area contributed by atoms with E-state index < -0.39 is 0 Å². The van der Waals surface area contributed by atoms with Crippen molar-refractivity contribution in [3.8, 4) is 17.2 Å². The van der Waals surface area contributed by atoms with Gasteiger partial charge in [0.2, 0.25) is 5.91 Å².